The van der Waals surface area contributed by atoms with Crippen LogP contribution < -0.4 is 5.56 Å². The molecule has 1 amide bonds. The van der Waals surface area contributed by atoms with Gasteiger partial charge in [0, 0.05) is 13.6 Å². The number of likely N-dealkylation sites (N-methyl/N-ethyl adjacent to an activating group) is 1. The summed E-state index contributed by atoms with van der Waals surface area (Å²) in [5, 5.41) is 1.92. The summed E-state index contributed by atoms with van der Waals surface area (Å²) >= 11 is 1.39. The van der Waals surface area contributed by atoms with E-state index in [9.17, 15) is 9.59 Å². The van der Waals surface area contributed by atoms with Gasteiger partial charge in [-0.25, -0.2) is 4.98 Å². The van der Waals surface area contributed by atoms with Gasteiger partial charge in [0.1, 0.15) is 10.7 Å². The van der Waals surface area contributed by atoms with Crippen molar-refractivity contribution in [2.24, 2.45) is 0 Å². The third-order valence-electron chi connectivity index (χ3n) is 3.42. The second-order valence-corrected chi connectivity index (χ2v) is 5.50. The summed E-state index contributed by atoms with van der Waals surface area (Å²) in [6.07, 6.45) is 2.18. The van der Waals surface area contributed by atoms with Crippen LogP contribution in [0.2, 0.25) is 0 Å². The Morgan fingerprint density at radius 1 is 1.44 bits per heavy atom. The first-order chi connectivity index (χ1) is 8.59. The molecule has 2 aromatic heterocycles. The summed E-state index contributed by atoms with van der Waals surface area (Å²) in [5.74, 6) is -0.00784. The summed E-state index contributed by atoms with van der Waals surface area (Å²) in [5.41, 5.74) is 1.65. The van der Waals surface area contributed by atoms with Gasteiger partial charge < -0.3 is 4.90 Å². The highest BCUT2D eigenvalue weighted by Gasteiger charge is 2.31. The first kappa shape index (κ1) is 11.4. The van der Waals surface area contributed by atoms with E-state index in [1.807, 2.05) is 12.3 Å². The minimum absolute atomic E-state index is 0.00784. The van der Waals surface area contributed by atoms with Crippen LogP contribution in [0.5, 0.6) is 0 Å². The number of nitrogens with zero attached hydrogens (tertiary/aromatic N) is 3. The van der Waals surface area contributed by atoms with Gasteiger partial charge in [-0.15, -0.1) is 11.3 Å². The lowest BCUT2D eigenvalue weighted by Crippen LogP contribution is -2.30. The van der Waals surface area contributed by atoms with Crippen LogP contribution in [0.25, 0.3) is 10.2 Å². The monoisotopic (exact) mass is 263 g/mol. The smallest absolute Gasteiger partial charge is 0.272 e. The molecule has 0 unspecified atom stereocenters. The van der Waals surface area contributed by atoms with Crippen LogP contribution in [-0.4, -0.2) is 34.0 Å². The molecular weight excluding hydrogens is 250 g/mol. The number of aromatic nitrogens is 2. The van der Waals surface area contributed by atoms with Crippen LogP contribution in [0.15, 0.2) is 16.5 Å². The summed E-state index contributed by atoms with van der Waals surface area (Å²) < 4.78 is 2.11. The number of aryl methyl sites for hydroxylation is 1. The van der Waals surface area contributed by atoms with Crippen LogP contribution in [-0.2, 0) is 4.79 Å². The Morgan fingerprint density at radius 2 is 2.22 bits per heavy atom. The van der Waals surface area contributed by atoms with Crippen molar-refractivity contribution < 1.29 is 4.79 Å². The molecule has 1 aliphatic rings. The molecule has 1 saturated heterocycles. The Hall–Kier alpha value is -1.69. The molecule has 1 fully saturated rings. The topological polar surface area (TPSA) is 55.2 Å². The summed E-state index contributed by atoms with van der Waals surface area (Å²) in [7, 11) is 1.76. The van der Waals surface area contributed by atoms with E-state index in [1.54, 1.807) is 11.9 Å². The Morgan fingerprint density at radius 3 is 2.89 bits per heavy atom. The largest absolute Gasteiger partial charge is 0.344 e. The molecule has 6 heteroatoms. The standard InChI is InChI=1S/C12H13N3O2S/c1-7-5-18-10-9(7)13-6-15(12(10)17)8-3-4-14(2)11(8)16/h5-6,8H,3-4H2,1-2H3/t8-/m1/s1. The Bertz CT molecular complexity index is 688. The van der Waals surface area contributed by atoms with Gasteiger partial charge in [-0.05, 0) is 24.3 Å². The molecule has 0 radical (unpaired) electrons. The van der Waals surface area contributed by atoms with E-state index in [0.29, 0.717) is 17.7 Å². The second kappa shape index (κ2) is 3.91. The minimum atomic E-state index is -0.387. The van der Waals surface area contributed by atoms with Crippen molar-refractivity contribution in [1.29, 1.82) is 0 Å². The SMILES string of the molecule is Cc1csc2c(=O)n([C@@H]3CCN(C)C3=O)cnc12. The van der Waals surface area contributed by atoms with Crippen LogP contribution in [0.4, 0.5) is 0 Å². The molecule has 0 aromatic carbocycles. The van der Waals surface area contributed by atoms with Gasteiger partial charge in [0.2, 0.25) is 5.91 Å². The minimum Gasteiger partial charge on any atom is -0.344 e. The van der Waals surface area contributed by atoms with Crippen molar-refractivity contribution >= 4 is 27.5 Å². The molecule has 0 aliphatic carbocycles. The zero-order valence-electron chi connectivity index (χ0n) is 10.2. The molecule has 5 nitrogen and oxygen atoms in total. The van der Waals surface area contributed by atoms with Crippen LogP contribution in [0, 0.1) is 6.92 Å². The van der Waals surface area contributed by atoms with Crippen LogP contribution in [0.3, 0.4) is 0 Å². The fourth-order valence-corrected chi connectivity index (χ4v) is 3.26. The Balaban J connectivity index is 2.16. The fourth-order valence-electron chi connectivity index (χ4n) is 2.32. The zero-order chi connectivity index (χ0) is 12.9. The molecule has 2 aromatic rings. The Labute approximate surface area is 108 Å². The van der Waals surface area contributed by atoms with E-state index in [4.69, 9.17) is 0 Å². The normalized spacial score (nSPS) is 20.0. The third kappa shape index (κ3) is 1.49. The average Bonchev–Trinajstić information content (AvgIpc) is 2.88. The van der Waals surface area contributed by atoms with Gasteiger partial charge in [0.15, 0.2) is 0 Å². The van der Waals surface area contributed by atoms with E-state index in [0.717, 1.165) is 11.1 Å². The molecule has 0 N–H and O–H groups in total. The van der Waals surface area contributed by atoms with Gasteiger partial charge in [0.25, 0.3) is 5.56 Å². The van der Waals surface area contributed by atoms with Crippen molar-refractivity contribution in [3.63, 3.8) is 0 Å². The van der Waals surface area contributed by atoms with Crippen molar-refractivity contribution in [3.8, 4) is 0 Å². The molecule has 1 atom stereocenters. The molecule has 18 heavy (non-hydrogen) atoms. The molecular formula is C12H13N3O2S. The summed E-state index contributed by atoms with van der Waals surface area (Å²) in [4.78, 5) is 30.2. The molecule has 3 heterocycles. The average molecular weight is 263 g/mol. The third-order valence-corrected chi connectivity index (χ3v) is 4.49. The predicted molar refractivity (Wildman–Crippen MR) is 69.9 cm³/mol. The quantitative estimate of drug-likeness (QED) is 0.776. The van der Waals surface area contributed by atoms with Gasteiger partial charge >= 0.3 is 0 Å². The van der Waals surface area contributed by atoms with E-state index >= 15 is 0 Å². The first-order valence-electron chi connectivity index (χ1n) is 5.79. The maximum Gasteiger partial charge on any atom is 0.272 e. The van der Waals surface area contributed by atoms with Crippen LogP contribution >= 0.6 is 11.3 Å². The van der Waals surface area contributed by atoms with Crippen LogP contribution in [0.1, 0.15) is 18.0 Å². The van der Waals surface area contributed by atoms with E-state index in [-0.39, 0.29) is 17.5 Å². The van der Waals surface area contributed by atoms with Gasteiger partial charge in [-0.1, -0.05) is 0 Å². The highest BCUT2D eigenvalue weighted by Crippen LogP contribution is 2.23. The highest BCUT2D eigenvalue weighted by molar-refractivity contribution is 7.17. The highest BCUT2D eigenvalue weighted by atomic mass is 32.1. The molecule has 0 spiro atoms. The van der Waals surface area contributed by atoms with Crippen molar-refractivity contribution in [1.82, 2.24) is 14.5 Å². The maximum absolute atomic E-state index is 12.3. The number of amides is 1. The number of thiophene rings is 1. The molecule has 3 rings (SSSR count). The number of carbonyl (C=O) groups excluding carboxylic acids is 1. The molecule has 0 saturated carbocycles. The lowest BCUT2D eigenvalue weighted by Gasteiger charge is -2.12. The van der Waals surface area contributed by atoms with Gasteiger partial charge in [0.05, 0.1) is 11.8 Å². The summed E-state index contributed by atoms with van der Waals surface area (Å²) in [6, 6.07) is -0.387. The van der Waals surface area contributed by atoms with Crippen molar-refractivity contribution in [2.75, 3.05) is 13.6 Å². The Kier molecular flexibility index (Phi) is 2.48. The fraction of sp³-hybridized carbons (Fsp3) is 0.417. The molecule has 1 aliphatic heterocycles. The zero-order valence-corrected chi connectivity index (χ0v) is 11.0. The lowest BCUT2D eigenvalue weighted by atomic mass is 10.2. The van der Waals surface area contributed by atoms with E-state index < -0.39 is 0 Å². The van der Waals surface area contributed by atoms with Gasteiger partial charge in [-0.3, -0.25) is 14.2 Å². The van der Waals surface area contributed by atoms with E-state index in [1.165, 1.54) is 22.2 Å². The lowest BCUT2D eigenvalue weighted by molar-refractivity contribution is -0.129. The first-order valence-corrected chi connectivity index (χ1v) is 6.67. The number of carbonyl (C=O) groups is 1. The number of hydrogen-bond acceptors (Lipinski definition) is 4. The summed E-state index contributed by atoms with van der Waals surface area (Å²) in [6.45, 7) is 2.63. The van der Waals surface area contributed by atoms with Crippen molar-refractivity contribution in [2.45, 2.75) is 19.4 Å². The number of likely N-dealkylation sites (tertiary alicyclic amines) is 1. The number of fused-ring (bicyclic) bond motifs is 1. The molecule has 0 bridgehead atoms. The molecule has 94 valence electrons. The van der Waals surface area contributed by atoms with Gasteiger partial charge in [-0.2, -0.15) is 0 Å². The second-order valence-electron chi connectivity index (χ2n) is 4.62. The van der Waals surface area contributed by atoms with E-state index in [2.05, 4.69) is 4.98 Å². The number of hydrogen-bond donors (Lipinski definition) is 0. The van der Waals surface area contributed by atoms with Crippen molar-refractivity contribution in [3.05, 3.63) is 27.6 Å². The maximum atomic E-state index is 12.3. The predicted octanol–water partition coefficient (Wildman–Crippen LogP) is 1.17. The number of rotatable bonds is 1.